The van der Waals surface area contributed by atoms with E-state index in [0.29, 0.717) is 76.4 Å². The first kappa shape index (κ1) is 48.4. The summed E-state index contributed by atoms with van der Waals surface area (Å²) in [7, 11) is 0. The molecule has 12 rings (SSSR count). The SMILES string of the molecule is C#Cc1cccc2cc(O)cc(-c3ncc4c(N5CC6CCC(C5)N6)nc(OCC5(CN6CCN(CC7CCN(Cc8ccc9c(c8)CN(C(=O)c8cc(C(C)C)c(O)cc8O)C9)CC7)CC6)CC5)nc4c3F)c12. The molecule has 4 saturated heterocycles. The summed E-state index contributed by atoms with van der Waals surface area (Å²) in [5.74, 6) is 3.04. The van der Waals surface area contributed by atoms with E-state index in [1.807, 2.05) is 32.0 Å². The number of fused-ring (bicyclic) bond motifs is 5. The lowest BCUT2D eigenvalue weighted by Gasteiger charge is -2.39. The van der Waals surface area contributed by atoms with E-state index < -0.39 is 5.82 Å². The van der Waals surface area contributed by atoms with Gasteiger partial charge in [-0.1, -0.05) is 50.1 Å². The number of anilines is 1. The standard InChI is InChI=1S/C59H66FN9O5/c1-4-39-6-5-7-40-23-45(70)24-48(52(39)40)54-53(60)55-49(27-61-54)56(68-32-43-10-11-44(33-68)62-43)64-58(63-55)74-35-59(14-15-59)34-67-20-18-66(19-21-67)28-37-12-16-65(17-13-37)29-38-8-9-41-30-69(31-42(41)22-38)57(73)47-25-46(36(2)3)50(71)26-51(47)72/h1,5-9,22-27,36-37,43-44,62,70-72H,10-21,28-35H2,2-3H3. The Bertz CT molecular complexity index is 3180. The second-order valence-corrected chi connectivity index (χ2v) is 22.5. The summed E-state index contributed by atoms with van der Waals surface area (Å²) >= 11 is 0. The van der Waals surface area contributed by atoms with Gasteiger partial charge >= 0.3 is 6.01 Å². The third-order valence-electron chi connectivity index (χ3n) is 16.9. The van der Waals surface area contributed by atoms with Gasteiger partial charge in [-0.15, -0.1) is 6.42 Å². The summed E-state index contributed by atoms with van der Waals surface area (Å²) in [5, 5.41) is 37.2. The lowest BCUT2D eigenvalue weighted by atomic mass is 9.95. The van der Waals surface area contributed by atoms with Gasteiger partial charge in [-0.2, -0.15) is 9.97 Å². The average molecular weight is 1000 g/mol. The maximum atomic E-state index is 17.2. The first-order chi connectivity index (χ1) is 35.9. The number of pyridine rings is 1. The van der Waals surface area contributed by atoms with Crippen molar-refractivity contribution in [1.29, 1.82) is 0 Å². The van der Waals surface area contributed by atoms with Gasteiger partial charge in [0.05, 0.1) is 17.6 Å². The van der Waals surface area contributed by atoms with Gasteiger partial charge in [0.2, 0.25) is 0 Å². The molecule has 2 aromatic heterocycles. The average Bonchev–Trinajstić information content (AvgIpc) is 3.89. The highest BCUT2D eigenvalue weighted by atomic mass is 19.1. The number of benzene rings is 4. The molecule has 15 heteroatoms. The number of nitrogens with one attached hydrogen (secondary N) is 1. The van der Waals surface area contributed by atoms with E-state index in [1.165, 1.54) is 30.5 Å². The zero-order valence-electron chi connectivity index (χ0n) is 42.5. The van der Waals surface area contributed by atoms with Crippen LogP contribution in [-0.4, -0.2) is 140 Å². The number of amides is 1. The fourth-order valence-corrected chi connectivity index (χ4v) is 12.6. The predicted molar refractivity (Wildman–Crippen MR) is 284 cm³/mol. The van der Waals surface area contributed by atoms with Crippen LogP contribution < -0.4 is 15.0 Å². The number of phenols is 3. The molecule has 1 aliphatic carbocycles. The zero-order chi connectivity index (χ0) is 50.8. The van der Waals surface area contributed by atoms with Gasteiger partial charge in [-0.25, -0.2) is 4.39 Å². The highest BCUT2D eigenvalue weighted by Crippen LogP contribution is 2.47. The second-order valence-electron chi connectivity index (χ2n) is 22.5. The number of carbonyl (C=O) groups is 1. The molecular formula is C59H66FN9O5. The van der Waals surface area contributed by atoms with Crippen LogP contribution in [0.3, 0.4) is 0 Å². The normalized spacial score (nSPS) is 21.2. The molecule has 4 N–H and O–H groups in total. The number of aromatic nitrogens is 3. The van der Waals surface area contributed by atoms with Crippen molar-refractivity contribution < 1.29 is 29.2 Å². The minimum absolute atomic E-state index is 0.000836. The maximum Gasteiger partial charge on any atom is 0.319 e. The van der Waals surface area contributed by atoms with Crippen LogP contribution in [0.4, 0.5) is 10.2 Å². The molecule has 6 aliphatic rings. The van der Waals surface area contributed by atoms with Gasteiger partial charge < -0.3 is 45.0 Å². The number of nitrogens with zero attached hydrogens (tertiary/aromatic N) is 8. The number of carbonyl (C=O) groups excluding carboxylic acids is 1. The molecule has 2 atom stereocenters. The number of aromatic hydroxyl groups is 3. The third kappa shape index (κ3) is 9.57. The monoisotopic (exact) mass is 1000 g/mol. The topological polar surface area (TPSA) is 154 Å². The molecule has 1 amide bonds. The Kier molecular flexibility index (Phi) is 12.8. The number of piperidine rings is 1. The van der Waals surface area contributed by atoms with Crippen molar-refractivity contribution in [2.24, 2.45) is 11.3 Å². The van der Waals surface area contributed by atoms with Crippen molar-refractivity contribution >= 4 is 33.4 Å². The number of rotatable bonds is 13. The van der Waals surface area contributed by atoms with E-state index >= 15 is 4.39 Å². The predicted octanol–water partition coefficient (Wildman–Crippen LogP) is 7.99. The van der Waals surface area contributed by atoms with Gasteiger partial charge in [0.25, 0.3) is 5.91 Å². The van der Waals surface area contributed by atoms with E-state index in [2.05, 4.69) is 54.0 Å². The first-order valence-electron chi connectivity index (χ1n) is 26.7. The minimum atomic E-state index is -0.603. The molecule has 14 nitrogen and oxygen atoms in total. The van der Waals surface area contributed by atoms with E-state index in [0.717, 1.165) is 109 Å². The summed E-state index contributed by atoms with van der Waals surface area (Å²) in [6, 6.07) is 19.0. The number of ether oxygens (including phenoxy) is 1. The van der Waals surface area contributed by atoms with E-state index in [9.17, 15) is 20.1 Å². The summed E-state index contributed by atoms with van der Waals surface area (Å²) in [6.07, 6.45) is 14.2. The summed E-state index contributed by atoms with van der Waals surface area (Å²) in [6.45, 7) is 16.1. The molecule has 2 bridgehead atoms. The van der Waals surface area contributed by atoms with Crippen LogP contribution in [0, 0.1) is 29.5 Å². The van der Waals surface area contributed by atoms with Crippen LogP contribution in [0.1, 0.15) is 96.5 Å². The van der Waals surface area contributed by atoms with E-state index in [1.54, 1.807) is 23.2 Å². The molecule has 0 radical (unpaired) electrons. The Morgan fingerprint density at radius 2 is 1.64 bits per heavy atom. The minimum Gasteiger partial charge on any atom is -0.508 e. The van der Waals surface area contributed by atoms with Crippen LogP contribution in [-0.2, 0) is 19.6 Å². The molecule has 384 valence electrons. The van der Waals surface area contributed by atoms with Crippen molar-refractivity contribution in [1.82, 2.24) is 39.9 Å². The van der Waals surface area contributed by atoms with Gasteiger partial charge in [0.15, 0.2) is 5.82 Å². The van der Waals surface area contributed by atoms with Gasteiger partial charge in [0, 0.05) is 118 Å². The van der Waals surface area contributed by atoms with E-state index in [-0.39, 0.29) is 57.3 Å². The molecule has 1 saturated carbocycles. The number of phenolic OH excluding ortho intramolecular Hbond substituents is 3. The molecule has 5 aliphatic heterocycles. The van der Waals surface area contributed by atoms with Crippen molar-refractivity contribution in [2.75, 3.05) is 77.0 Å². The number of likely N-dealkylation sites (tertiary alicyclic amines) is 1. The molecule has 5 fully saturated rings. The number of piperazine rings is 2. The Hall–Kier alpha value is -6.57. The molecule has 7 heterocycles. The number of terminal acetylenes is 1. The Morgan fingerprint density at radius 3 is 2.38 bits per heavy atom. The number of hydrogen-bond acceptors (Lipinski definition) is 13. The smallest absolute Gasteiger partial charge is 0.319 e. The quantitative estimate of drug-likeness (QED) is 0.0828. The molecule has 2 unspecified atom stereocenters. The van der Waals surface area contributed by atoms with Crippen LogP contribution in [0.2, 0.25) is 0 Å². The Morgan fingerprint density at radius 1 is 0.878 bits per heavy atom. The summed E-state index contributed by atoms with van der Waals surface area (Å²) < 4.78 is 23.7. The van der Waals surface area contributed by atoms with Crippen LogP contribution in [0.5, 0.6) is 23.3 Å². The maximum absolute atomic E-state index is 17.2. The zero-order valence-corrected chi connectivity index (χ0v) is 42.5. The van der Waals surface area contributed by atoms with Crippen LogP contribution in [0.15, 0.2) is 66.9 Å². The molecular weight excluding hydrogens is 934 g/mol. The highest BCUT2D eigenvalue weighted by molar-refractivity contribution is 6.03. The lowest BCUT2D eigenvalue weighted by Crippen LogP contribution is -2.51. The first-order valence-corrected chi connectivity index (χ1v) is 26.7. The second kappa shape index (κ2) is 19.6. The Labute approximate surface area is 432 Å². The molecule has 0 spiro atoms. The summed E-state index contributed by atoms with van der Waals surface area (Å²) in [5.41, 5.74) is 5.63. The van der Waals surface area contributed by atoms with Crippen molar-refractivity contribution in [3.63, 3.8) is 0 Å². The summed E-state index contributed by atoms with van der Waals surface area (Å²) in [4.78, 5) is 39.8. The van der Waals surface area contributed by atoms with Crippen molar-refractivity contribution in [3.8, 4) is 46.9 Å². The molecule has 4 aromatic carbocycles. The lowest BCUT2D eigenvalue weighted by molar-refractivity contribution is 0.0745. The highest BCUT2D eigenvalue weighted by Gasteiger charge is 2.46. The van der Waals surface area contributed by atoms with Crippen molar-refractivity contribution in [2.45, 2.75) is 90.0 Å². The van der Waals surface area contributed by atoms with Crippen molar-refractivity contribution in [3.05, 3.63) is 106 Å². The molecule has 6 aromatic rings. The largest absolute Gasteiger partial charge is 0.508 e. The molecule has 74 heavy (non-hydrogen) atoms. The van der Waals surface area contributed by atoms with Crippen LogP contribution in [0.25, 0.3) is 32.9 Å². The third-order valence-corrected chi connectivity index (χ3v) is 16.9. The fourth-order valence-electron chi connectivity index (χ4n) is 12.6. The van der Waals surface area contributed by atoms with Gasteiger partial charge in [-0.3, -0.25) is 14.7 Å². The Balaban J connectivity index is 0.648. The fraction of sp³-hybridized carbons (Fsp3) is 0.458. The van der Waals surface area contributed by atoms with E-state index in [4.69, 9.17) is 21.1 Å². The number of halogens is 1. The number of hydrogen-bond donors (Lipinski definition) is 4. The van der Waals surface area contributed by atoms with Crippen LogP contribution >= 0.6 is 0 Å². The van der Waals surface area contributed by atoms with Gasteiger partial charge in [0.1, 0.15) is 34.3 Å². The van der Waals surface area contributed by atoms with Gasteiger partial charge in [-0.05, 0) is 115 Å².